The molecule has 6 heteroatoms. The highest BCUT2D eigenvalue weighted by Crippen LogP contribution is 2.34. The number of fused-ring (bicyclic) bond motifs is 1. The summed E-state index contributed by atoms with van der Waals surface area (Å²) < 4.78 is 5.32. The molecule has 0 saturated carbocycles. The van der Waals surface area contributed by atoms with Crippen LogP contribution in [-0.4, -0.2) is 22.0 Å². The number of nitrogens with zero attached hydrogens (tertiary/aromatic N) is 2. The van der Waals surface area contributed by atoms with Gasteiger partial charge in [0, 0.05) is 6.54 Å². The number of benzene rings is 1. The van der Waals surface area contributed by atoms with Gasteiger partial charge in [0.2, 0.25) is 0 Å². The molecule has 24 heavy (non-hydrogen) atoms. The zero-order chi connectivity index (χ0) is 17.1. The summed E-state index contributed by atoms with van der Waals surface area (Å²) in [5.41, 5.74) is 2.02. The highest BCUT2D eigenvalue weighted by molar-refractivity contribution is 7.20. The van der Waals surface area contributed by atoms with Gasteiger partial charge in [-0.25, -0.2) is 14.8 Å². The van der Waals surface area contributed by atoms with Crippen molar-refractivity contribution in [1.29, 1.82) is 0 Å². The zero-order valence-corrected chi connectivity index (χ0v) is 14.7. The van der Waals surface area contributed by atoms with Gasteiger partial charge in [0.25, 0.3) is 0 Å². The van der Waals surface area contributed by atoms with E-state index < -0.39 is 0 Å². The molecule has 1 aromatic carbocycles. The monoisotopic (exact) mass is 341 g/mol. The summed E-state index contributed by atoms with van der Waals surface area (Å²) in [6.07, 6.45) is 1.37. The number of hydrogen-bond donors (Lipinski definition) is 1. The van der Waals surface area contributed by atoms with Crippen LogP contribution in [0.15, 0.2) is 36.7 Å². The van der Waals surface area contributed by atoms with Crippen LogP contribution >= 0.6 is 11.3 Å². The van der Waals surface area contributed by atoms with Crippen molar-refractivity contribution in [3.63, 3.8) is 0 Å². The summed E-state index contributed by atoms with van der Waals surface area (Å²) in [5, 5.41) is 4.22. The summed E-state index contributed by atoms with van der Waals surface area (Å²) in [6, 6.07) is 10.1. The van der Waals surface area contributed by atoms with Crippen molar-refractivity contribution < 1.29 is 9.53 Å². The summed E-state index contributed by atoms with van der Waals surface area (Å²) in [7, 11) is 0. The van der Waals surface area contributed by atoms with Crippen LogP contribution in [0.3, 0.4) is 0 Å². The van der Waals surface area contributed by atoms with Gasteiger partial charge in [-0.15, -0.1) is 11.3 Å². The number of rotatable bonds is 5. The van der Waals surface area contributed by atoms with E-state index >= 15 is 0 Å². The second-order valence-electron chi connectivity index (χ2n) is 5.75. The Kier molecular flexibility index (Phi) is 4.76. The van der Waals surface area contributed by atoms with Crippen LogP contribution in [-0.2, 0) is 11.3 Å². The maximum absolute atomic E-state index is 12.3. The van der Waals surface area contributed by atoms with Crippen LogP contribution in [0.5, 0.6) is 0 Å². The molecule has 2 aromatic heterocycles. The largest absolute Gasteiger partial charge is 0.459 e. The lowest BCUT2D eigenvalue weighted by molar-refractivity contribution is 0.0383. The molecule has 1 N–H and O–H groups in total. The second kappa shape index (κ2) is 6.97. The highest BCUT2D eigenvalue weighted by atomic mass is 32.1. The smallest absolute Gasteiger partial charge is 0.348 e. The van der Waals surface area contributed by atoms with Crippen LogP contribution in [0, 0.1) is 6.92 Å². The van der Waals surface area contributed by atoms with Crippen LogP contribution in [0.2, 0.25) is 0 Å². The van der Waals surface area contributed by atoms with Gasteiger partial charge < -0.3 is 10.1 Å². The van der Waals surface area contributed by atoms with E-state index in [2.05, 4.69) is 27.4 Å². The maximum Gasteiger partial charge on any atom is 0.348 e. The van der Waals surface area contributed by atoms with E-state index in [1.807, 2.05) is 39.0 Å². The lowest BCUT2D eigenvalue weighted by Gasteiger charge is -2.08. The molecular formula is C18H19N3O2S. The van der Waals surface area contributed by atoms with E-state index in [0.29, 0.717) is 11.4 Å². The Morgan fingerprint density at radius 3 is 2.71 bits per heavy atom. The SMILES string of the molecule is Cc1c(C(=O)OC(C)C)sc2ncnc(NCc3ccccc3)c12. The van der Waals surface area contributed by atoms with E-state index in [1.165, 1.54) is 17.7 Å². The molecule has 0 atom stereocenters. The van der Waals surface area contributed by atoms with Crippen LogP contribution in [0.25, 0.3) is 10.2 Å². The Labute approximate surface area is 144 Å². The van der Waals surface area contributed by atoms with E-state index in [0.717, 1.165) is 27.2 Å². The summed E-state index contributed by atoms with van der Waals surface area (Å²) >= 11 is 1.34. The third-order valence-electron chi connectivity index (χ3n) is 3.56. The van der Waals surface area contributed by atoms with E-state index in [-0.39, 0.29) is 12.1 Å². The summed E-state index contributed by atoms with van der Waals surface area (Å²) in [4.78, 5) is 22.3. The molecule has 0 radical (unpaired) electrons. The molecule has 0 saturated heterocycles. The fourth-order valence-electron chi connectivity index (χ4n) is 2.45. The number of aromatic nitrogens is 2. The standard InChI is InChI=1S/C18H19N3O2S/c1-11(2)23-18(22)15-12(3)14-16(20-10-21-17(14)24-15)19-9-13-7-5-4-6-8-13/h4-8,10-11H,9H2,1-3H3,(H,19,20,21). The highest BCUT2D eigenvalue weighted by Gasteiger charge is 2.21. The fourth-order valence-corrected chi connectivity index (χ4v) is 3.48. The third kappa shape index (κ3) is 3.38. The van der Waals surface area contributed by atoms with Crippen LogP contribution in [0.4, 0.5) is 5.82 Å². The van der Waals surface area contributed by atoms with Crippen molar-refractivity contribution in [2.45, 2.75) is 33.4 Å². The fraction of sp³-hybridized carbons (Fsp3) is 0.278. The molecule has 5 nitrogen and oxygen atoms in total. The van der Waals surface area contributed by atoms with Gasteiger partial charge in [-0.2, -0.15) is 0 Å². The van der Waals surface area contributed by atoms with Gasteiger partial charge in [-0.3, -0.25) is 0 Å². The number of nitrogens with one attached hydrogen (secondary N) is 1. The number of carbonyl (C=O) groups excluding carboxylic acids is 1. The van der Waals surface area contributed by atoms with Crippen molar-refractivity contribution >= 4 is 33.3 Å². The Morgan fingerprint density at radius 1 is 1.25 bits per heavy atom. The van der Waals surface area contributed by atoms with Crippen molar-refractivity contribution in [3.05, 3.63) is 52.7 Å². The molecule has 0 amide bonds. The number of ether oxygens (including phenoxy) is 1. The Bertz CT molecular complexity index is 859. The van der Waals surface area contributed by atoms with Gasteiger partial charge >= 0.3 is 5.97 Å². The van der Waals surface area contributed by atoms with Crippen LogP contribution < -0.4 is 5.32 Å². The second-order valence-corrected chi connectivity index (χ2v) is 6.75. The molecule has 0 fully saturated rings. The summed E-state index contributed by atoms with van der Waals surface area (Å²) in [5.74, 6) is 0.431. The maximum atomic E-state index is 12.3. The lowest BCUT2D eigenvalue weighted by atomic mass is 10.2. The Balaban J connectivity index is 1.92. The normalized spacial score (nSPS) is 11.0. The number of anilines is 1. The number of carbonyl (C=O) groups is 1. The van der Waals surface area contributed by atoms with Gasteiger partial charge in [0.15, 0.2) is 0 Å². The van der Waals surface area contributed by atoms with E-state index in [1.54, 1.807) is 0 Å². The van der Waals surface area contributed by atoms with Gasteiger partial charge in [0.1, 0.15) is 21.9 Å². The summed E-state index contributed by atoms with van der Waals surface area (Å²) in [6.45, 7) is 6.25. The minimum atomic E-state index is -0.306. The Hall–Kier alpha value is -2.47. The molecule has 0 aliphatic rings. The molecule has 0 aliphatic carbocycles. The molecular weight excluding hydrogens is 322 g/mol. The molecule has 3 aromatic rings. The van der Waals surface area contributed by atoms with Crippen molar-refractivity contribution in [2.24, 2.45) is 0 Å². The van der Waals surface area contributed by atoms with Crippen LogP contribution in [0.1, 0.15) is 34.6 Å². The molecule has 0 aliphatic heterocycles. The first-order chi connectivity index (χ1) is 11.6. The average molecular weight is 341 g/mol. The van der Waals surface area contributed by atoms with Crippen molar-refractivity contribution in [3.8, 4) is 0 Å². The molecule has 0 unspecified atom stereocenters. The van der Waals surface area contributed by atoms with Crippen molar-refractivity contribution in [1.82, 2.24) is 9.97 Å². The Morgan fingerprint density at radius 2 is 2.00 bits per heavy atom. The first-order valence-electron chi connectivity index (χ1n) is 7.79. The van der Waals surface area contributed by atoms with Crippen molar-refractivity contribution in [2.75, 3.05) is 5.32 Å². The third-order valence-corrected chi connectivity index (χ3v) is 4.74. The molecule has 3 rings (SSSR count). The first kappa shape index (κ1) is 16.4. The zero-order valence-electron chi connectivity index (χ0n) is 13.9. The number of aryl methyl sites for hydroxylation is 1. The number of thiophene rings is 1. The van der Waals surface area contributed by atoms with Gasteiger partial charge in [0.05, 0.1) is 11.5 Å². The minimum Gasteiger partial charge on any atom is -0.459 e. The predicted octanol–water partition coefficient (Wildman–Crippen LogP) is 4.18. The number of hydrogen-bond acceptors (Lipinski definition) is 6. The predicted molar refractivity (Wildman–Crippen MR) is 96.5 cm³/mol. The lowest BCUT2D eigenvalue weighted by Crippen LogP contribution is -2.11. The molecule has 2 heterocycles. The molecule has 0 bridgehead atoms. The molecule has 124 valence electrons. The first-order valence-corrected chi connectivity index (χ1v) is 8.60. The quantitative estimate of drug-likeness (QED) is 0.705. The topological polar surface area (TPSA) is 64.1 Å². The average Bonchev–Trinajstić information content (AvgIpc) is 2.91. The minimum absolute atomic E-state index is 0.149. The van der Waals surface area contributed by atoms with E-state index in [4.69, 9.17) is 4.74 Å². The van der Waals surface area contributed by atoms with Gasteiger partial charge in [-0.1, -0.05) is 30.3 Å². The molecule has 0 spiro atoms. The van der Waals surface area contributed by atoms with Gasteiger partial charge in [-0.05, 0) is 31.9 Å². The number of esters is 1. The van der Waals surface area contributed by atoms with E-state index in [9.17, 15) is 4.79 Å².